The lowest BCUT2D eigenvalue weighted by atomic mass is 10.3. The summed E-state index contributed by atoms with van der Waals surface area (Å²) in [5.41, 5.74) is 0.137. The van der Waals surface area contributed by atoms with Gasteiger partial charge in [-0.2, -0.15) is 0 Å². The Bertz CT molecular complexity index is 1040. The molecule has 1 heterocycles. The minimum atomic E-state index is -0.487. The number of ether oxygens (including phenoxy) is 1. The molecule has 0 aliphatic heterocycles. The Morgan fingerprint density at radius 2 is 2.03 bits per heavy atom. The summed E-state index contributed by atoms with van der Waals surface area (Å²) in [6, 6.07) is 13.2. The van der Waals surface area contributed by atoms with Crippen LogP contribution in [-0.2, 0) is 11.3 Å². The fourth-order valence-electron chi connectivity index (χ4n) is 2.67. The second-order valence-corrected chi connectivity index (χ2v) is 7.60. The summed E-state index contributed by atoms with van der Waals surface area (Å²) < 4.78 is 21.4. The number of nitrogens with one attached hydrogen (secondary N) is 1. The molecule has 6 nitrogen and oxygen atoms in total. The number of thioether (sulfide) groups is 1. The van der Waals surface area contributed by atoms with Gasteiger partial charge in [0.05, 0.1) is 16.5 Å². The third kappa shape index (κ3) is 5.40. The van der Waals surface area contributed by atoms with E-state index in [1.807, 2.05) is 23.6 Å². The van der Waals surface area contributed by atoms with Crippen LogP contribution >= 0.6 is 23.4 Å². The third-order valence-corrected chi connectivity index (χ3v) is 5.32. The van der Waals surface area contributed by atoms with Crippen molar-refractivity contribution in [3.05, 3.63) is 77.9 Å². The summed E-state index contributed by atoms with van der Waals surface area (Å²) in [5, 5.41) is 12.0. The van der Waals surface area contributed by atoms with Crippen molar-refractivity contribution in [1.29, 1.82) is 0 Å². The minimum absolute atomic E-state index is 0.0450. The molecular weight excluding hydrogens is 427 g/mol. The number of halogens is 2. The van der Waals surface area contributed by atoms with Crippen LogP contribution in [0.3, 0.4) is 0 Å². The topological polar surface area (TPSA) is 69.0 Å². The van der Waals surface area contributed by atoms with Gasteiger partial charge in [-0.1, -0.05) is 53.7 Å². The van der Waals surface area contributed by atoms with Gasteiger partial charge in [-0.05, 0) is 31.2 Å². The molecule has 1 amide bonds. The van der Waals surface area contributed by atoms with E-state index < -0.39 is 11.9 Å². The van der Waals surface area contributed by atoms with Gasteiger partial charge in [0.1, 0.15) is 11.6 Å². The zero-order valence-corrected chi connectivity index (χ0v) is 17.8. The minimum Gasteiger partial charge on any atom is -0.481 e. The van der Waals surface area contributed by atoms with Crippen molar-refractivity contribution >= 4 is 35.0 Å². The van der Waals surface area contributed by atoms with Gasteiger partial charge < -0.3 is 10.1 Å². The maximum Gasteiger partial charge on any atom is 0.234 e. The van der Waals surface area contributed by atoms with Gasteiger partial charge in [-0.3, -0.25) is 9.36 Å². The van der Waals surface area contributed by atoms with Gasteiger partial charge >= 0.3 is 0 Å². The Morgan fingerprint density at radius 3 is 2.77 bits per heavy atom. The van der Waals surface area contributed by atoms with Gasteiger partial charge in [0.15, 0.2) is 17.1 Å². The number of para-hydroxylation sites is 2. The lowest BCUT2D eigenvalue weighted by Crippen LogP contribution is -2.16. The Hall–Kier alpha value is -2.84. The van der Waals surface area contributed by atoms with E-state index in [1.54, 1.807) is 30.3 Å². The predicted molar refractivity (Wildman–Crippen MR) is 116 cm³/mol. The second kappa shape index (κ2) is 10.3. The number of anilines is 1. The van der Waals surface area contributed by atoms with Crippen LogP contribution < -0.4 is 10.1 Å². The smallest absolute Gasteiger partial charge is 0.234 e. The highest BCUT2D eigenvalue weighted by Gasteiger charge is 2.20. The Balaban J connectivity index is 1.69. The van der Waals surface area contributed by atoms with Crippen LogP contribution in [0, 0.1) is 5.82 Å². The fraction of sp³-hybridized carbons (Fsp3) is 0.190. The lowest BCUT2D eigenvalue weighted by Gasteiger charge is -2.16. The number of hydrogen-bond donors (Lipinski definition) is 1. The molecule has 9 heteroatoms. The normalized spacial score (nSPS) is 11.7. The zero-order valence-electron chi connectivity index (χ0n) is 16.2. The first kappa shape index (κ1) is 21.9. The summed E-state index contributed by atoms with van der Waals surface area (Å²) in [7, 11) is 0. The molecule has 1 aromatic heterocycles. The number of allylic oxidation sites excluding steroid dienone is 1. The number of rotatable bonds is 9. The van der Waals surface area contributed by atoms with E-state index in [1.165, 1.54) is 23.9 Å². The Kier molecular flexibility index (Phi) is 7.48. The molecule has 0 aliphatic rings. The molecule has 0 saturated carbocycles. The van der Waals surface area contributed by atoms with Gasteiger partial charge in [-0.15, -0.1) is 16.8 Å². The van der Waals surface area contributed by atoms with E-state index in [-0.39, 0.29) is 17.3 Å². The largest absolute Gasteiger partial charge is 0.481 e. The number of benzene rings is 2. The maximum atomic E-state index is 13.7. The first-order valence-corrected chi connectivity index (χ1v) is 10.5. The summed E-state index contributed by atoms with van der Waals surface area (Å²) >= 11 is 7.36. The molecule has 0 saturated heterocycles. The second-order valence-electron chi connectivity index (χ2n) is 6.25. The van der Waals surface area contributed by atoms with Crippen molar-refractivity contribution in [3.63, 3.8) is 0 Å². The zero-order chi connectivity index (χ0) is 21.5. The number of hydrogen-bond acceptors (Lipinski definition) is 5. The predicted octanol–water partition coefficient (Wildman–Crippen LogP) is 5.13. The number of nitrogens with zero attached hydrogens (tertiary/aromatic N) is 3. The number of aromatic nitrogens is 3. The van der Waals surface area contributed by atoms with Crippen LogP contribution in [0.25, 0.3) is 0 Å². The highest BCUT2D eigenvalue weighted by molar-refractivity contribution is 7.99. The highest BCUT2D eigenvalue weighted by atomic mass is 35.5. The van der Waals surface area contributed by atoms with Gasteiger partial charge in [0, 0.05) is 6.54 Å². The van der Waals surface area contributed by atoms with Crippen LogP contribution in [0.2, 0.25) is 5.02 Å². The standard InChI is InChI=1S/C21H20ClFN4O2S/c1-3-12-27-20(14(2)29-18-11-7-4-8-15(18)22)25-26-21(27)30-13-19(28)24-17-10-6-5-9-16(17)23/h3-11,14H,1,12-13H2,2H3,(H,24,28). The van der Waals surface area contributed by atoms with E-state index in [2.05, 4.69) is 22.1 Å². The van der Waals surface area contributed by atoms with Crippen LogP contribution in [-0.4, -0.2) is 26.4 Å². The molecule has 1 unspecified atom stereocenters. The quantitative estimate of drug-likeness (QED) is 0.364. The van der Waals surface area contributed by atoms with E-state index >= 15 is 0 Å². The molecule has 0 spiro atoms. The summed E-state index contributed by atoms with van der Waals surface area (Å²) in [6.07, 6.45) is 1.28. The molecule has 0 bridgehead atoms. The van der Waals surface area contributed by atoms with Crippen LogP contribution in [0.4, 0.5) is 10.1 Å². The third-order valence-electron chi connectivity index (χ3n) is 4.04. The van der Waals surface area contributed by atoms with E-state index in [0.29, 0.717) is 28.3 Å². The first-order valence-electron chi connectivity index (χ1n) is 9.12. The molecule has 1 N–H and O–H groups in total. The number of carbonyl (C=O) groups excluding carboxylic acids is 1. The molecule has 1 atom stereocenters. The number of amides is 1. The van der Waals surface area contributed by atoms with Crippen molar-refractivity contribution in [2.45, 2.75) is 24.7 Å². The van der Waals surface area contributed by atoms with Crippen molar-refractivity contribution in [2.24, 2.45) is 0 Å². The van der Waals surface area contributed by atoms with E-state index in [4.69, 9.17) is 16.3 Å². The molecule has 0 fully saturated rings. The molecule has 0 aliphatic carbocycles. The highest BCUT2D eigenvalue weighted by Crippen LogP contribution is 2.29. The maximum absolute atomic E-state index is 13.7. The first-order chi connectivity index (χ1) is 14.5. The SMILES string of the molecule is C=CCn1c(SCC(=O)Nc2ccccc2F)nnc1C(C)Oc1ccccc1Cl. The summed E-state index contributed by atoms with van der Waals surface area (Å²) in [6.45, 7) is 6.05. The van der Waals surface area contributed by atoms with Gasteiger partial charge in [0.25, 0.3) is 0 Å². The molecular formula is C21H20ClFN4O2S. The molecule has 156 valence electrons. The van der Waals surface area contributed by atoms with Gasteiger partial charge in [0.2, 0.25) is 5.91 Å². The van der Waals surface area contributed by atoms with Crippen molar-refractivity contribution in [2.75, 3.05) is 11.1 Å². The fourth-order valence-corrected chi connectivity index (χ4v) is 3.61. The average Bonchev–Trinajstić information content (AvgIpc) is 3.13. The molecule has 2 aromatic carbocycles. The molecule has 0 radical (unpaired) electrons. The molecule has 3 rings (SSSR count). The molecule has 3 aromatic rings. The van der Waals surface area contributed by atoms with Crippen LogP contribution in [0.1, 0.15) is 18.9 Å². The van der Waals surface area contributed by atoms with E-state index in [9.17, 15) is 9.18 Å². The Morgan fingerprint density at radius 1 is 1.30 bits per heavy atom. The summed E-state index contributed by atoms with van der Waals surface area (Å²) in [4.78, 5) is 12.2. The van der Waals surface area contributed by atoms with Crippen molar-refractivity contribution < 1.29 is 13.9 Å². The van der Waals surface area contributed by atoms with Crippen molar-refractivity contribution in [1.82, 2.24) is 14.8 Å². The number of carbonyl (C=O) groups is 1. The monoisotopic (exact) mass is 446 g/mol. The Labute approximate surface area is 183 Å². The van der Waals surface area contributed by atoms with Gasteiger partial charge in [-0.25, -0.2) is 4.39 Å². The van der Waals surface area contributed by atoms with Crippen molar-refractivity contribution in [3.8, 4) is 5.75 Å². The van der Waals surface area contributed by atoms with E-state index in [0.717, 1.165) is 0 Å². The molecule has 30 heavy (non-hydrogen) atoms. The average molecular weight is 447 g/mol. The lowest BCUT2D eigenvalue weighted by molar-refractivity contribution is -0.113. The summed E-state index contributed by atoms with van der Waals surface area (Å²) in [5.74, 6) is 0.326. The van der Waals surface area contributed by atoms with Crippen LogP contribution in [0.5, 0.6) is 5.75 Å². The van der Waals surface area contributed by atoms with Crippen LogP contribution in [0.15, 0.2) is 66.3 Å².